The molecule has 0 aliphatic heterocycles. The van der Waals surface area contributed by atoms with E-state index in [0.29, 0.717) is 0 Å². The van der Waals surface area contributed by atoms with Crippen molar-refractivity contribution in [2.45, 2.75) is 42.0 Å². The van der Waals surface area contributed by atoms with Crippen LogP contribution < -0.4 is 10.5 Å². The molecule has 1 saturated carbocycles. The number of sulfonamides is 1. The van der Waals surface area contributed by atoms with Crippen LogP contribution in [0.3, 0.4) is 0 Å². The Bertz CT molecular complexity index is 741. The fourth-order valence-electron chi connectivity index (χ4n) is 2.56. The van der Waals surface area contributed by atoms with Gasteiger partial charge >= 0.3 is 0 Å². The van der Waals surface area contributed by atoms with Gasteiger partial charge in [-0.25, -0.2) is 21.6 Å². The van der Waals surface area contributed by atoms with Crippen LogP contribution in [0.2, 0.25) is 0 Å². The molecule has 0 aromatic heterocycles. The van der Waals surface area contributed by atoms with Crippen molar-refractivity contribution in [3.05, 3.63) is 18.2 Å². The van der Waals surface area contributed by atoms with Gasteiger partial charge in [-0.3, -0.25) is 0 Å². The van der Waals surface area contributed by atoms with Crippen LogP contribution in [0.1, 0.15) is 26.2 Å². The molecule has 8 heteroatoms. The summed E-state index contributed by atoms with van der Waals surface area (Å²) in [6.45, 7) is 2.00. The van der Waals surface area contributed by atoms with Crippen molar-refractivity contribution in [3.8, 4) is 0 Å². The van der Waals surface area contributed by atoms with E-state index in [1.54, 1.807) is 0 Å². The van der Waals surface area contributed by atoms with Gasteiger partial charge < -0.3 is 5.73 Å². The third kappa shape index (κ3) is 3.56. The Labute approximate surface area is 125 Å². The minimum Gasteiger partial charge on any atom is -0.398 e. The SMILES string of the molecule is CC1CCCC1NS(=O)(=O)c1cc(S(C)(=O)=O)ccc1N. The summed E-state index contributed by atoms with van der Waals surface area (Å²) in [5, 5.41) is 0. The van der Waals surface area contributed by atoms with Crippen LogP contribution >= 0.6 is 0 Å². The lowest BCUT2D eigenvalue weighted by Gasteiger charge is -2.18. The molecular formula is C13H20N2O4S2. The molecule has 1 fully saturated rings. The highest BCUT2D eigenvalue weighted by atomic mass is 32.2. The van der Waals surface area contributed by atoms with E-state index in [9.17, 15) is 16.8 Å². The van der Waals surface area contributed by atoms with Crippen LogP contribution in [0.15, 0.2) is 28.0 Å². The van der Waals surface area contributed by atoms with Gasteiger partial charge in [0, 0.05) is 12.3 Å². The van der Waals surface area contributed by atoms with Gasteiger partial charge in [0.2, 0.25) is 10.0 Å². The number of sulfone groups is 1. The van der Waals surface area contributed by atoms with Crippen LogP contribution in [0.25, 0.3) is 0 Å². The molecule has 0 spiro atoms. The summed E-state index contributed by atoms with van der Waals surface area (Å²) in [7, 11) is -7.32. The van der Waals surface area contributed by atoms with Gasteiger partial charge in [0.15, 0.2) is 9.84 Å². The van der Waals surface area contributed by atoms with Crippen molar-refractivity contribution < 1.29 is 16.8 Å². The number of nitrogen functional groups attached to an aromatic ring is 1. The van der Waals surface area contributed by atoms with Gasteiger partial charge in [-0.15, -0.1) is 0 Å². The average Bonchev–Trinajstić information content (AvgIpc) is 2.73. The van der Waals surface area contributed by atoms with Gasteiger partial charge in [-0.05, 0) is 37.0 Å². The first-order valence-electron chi connectivity index (χ1n) is 6.73. The number of benzene rings is 1. The van der Waals surface area contributed by atoms with Crippen LogP contribution in [-0.4, -0.2) is 29.1 Å². The second-order valence-corrected chi connectivity index (χ2v) is 9.31. The number of hydrogen-bond donors (Lipinski definition) is 2. The maximum atomic E-state index is 12.4. The van der Waals surface area contributed by atoms with Gasteiger partial charge in [0.1, 0.15) is 4.90 Å². The zero-order valence-corrected chi connectivity index (χ0v) is 13.7. The Morgan fingerprint density at radius 2 is 1.86 bits per heavy atom. The topological polar surface area (TPSA) is 106 Å². The van der Waals surface area contributed by atoms with Crippen molar-refractivity contribution in [1.29, 1.82) is 0 Å². The summed E-state index contributed by atoms with van der Waals surface area (Å²) < 4.78 is 50.7. The van der Waals surface area contributed by atoms with E-state index in [1.807, 2.05) is 6.92 Å². The van der Waals surface area contributed by atoms with Gasteiger partial charge in [0.05, 0.1) is 10.6 Å². The molecular weight excluding hydrogens is 312 g/mol. The molecule has 3 N–H and O–H groups in total. The fourth-order valence-corrected chi connectivity index (χ4v) is 4.82. The molecule has 118 valence electrons. The zero-order chi connectivity index (χ0) is 15.8. The molecule has 2 atom stereocenters. The Balaban J connectivity index is 2.40. The second kappa shape index (κ2) is 5.58. The molecule has 21 heavy (non-hydrogen) atoms. The molecule has 1 aromatic rings. The molecule has 6 nitrogen and oxygen atoms in total. The summed E-state index contributed by atoms with van der Waals surface area (Å²) in [6.07, 6.45) is 3.77. The van der Waals surface area contributed by atoms with Crippen molar-refractivity contribution in [2.24, 2.45) is 5.92 Å². The quantitative estimate of drug-likeness (QED) is 0.804. The Hall–Kier alpha value is -1.12. The molecule has 0 saturated heterocycles. The molecule has 2 rings (SSSR count). The second-order valence-electron chi connectivity index (χ2n) is 5.61. The predicted molar refractivity (Wildman–Crippen MR) is 81.1 cm³/mol. The monoisotopic (exact) mass is 332 g/mol. The van der Waals surface area contributed by atoms with Crippen LogP contribution in [0.4, 0.5) is 5.69 Å². The molecule has 1 aliphatic carbocycles. The Morgan fingerprint density at radius 1 is 1.19 bits per heavy atom. The van der Waals surface area contributed by atoms with E-state index in [1.165, 1.54) is 12.1 Å². The van der Waals surface area contributed by atoms with E-state index in [4.69, 9.17) is 5.73 Å². The summed E-state index contributed by atoms with van der Waals surface area (Å²) >= 11 is 0. The van der Waals surface area contributed by atoms with Crippen LogP contribution in [0.5, 0.6) is 0 Å². The molecule has 2 unspecified atom stereocenters. The Morgan fingerprint density at radius 3 is 2.38 bits per heavy atom. The molecule has 0 amide bonds. The Kier molecular flexibility index (Phi) is 4.32. The van der Waals surface area contributed by atoms with E-state index in [2.05, 4.69) is 4.72 Å². The lowest BCUT2D eigenvalue weighted by molar-refractivity contribution is 0.476. The average molecular weight is 332 g/mol. The van der Waals surface area contributed by atoms with Crippen molar-refractivity contribution in [2.75, 3.05) is 12.0 Å². The van der Waals surface area contributed by atoms with Crippen molar-refractivity contribution >= 4 is 25.5 Å². The molecule has 0 radical (unpaired) electrons. The van der Waals surface area contributed by atoms with Crippen LogP contribution in [0, 0.1) is 5.92 Å². The standard InChI is InChI=1S/C13H20N2O4S2/c1-9-4-3-5-12(9)15-21(18,19)13-8-10(20(2,16)17)6-7-11(13)14/h6-9,12,15H,3-5,14H2,1-2H3. The summed E-state index contributed by atoms with van der Waals surface area (Å²) in [5.74, 6) is 0.263. The zero-order valence-electron chi connectivity index (χ0n) is 12.0. The third-order valence-electron chi connectivity index (χ3n) is 3.87. The number of nitrogens with one attached hydrogen (secondary N) is 1. The first-order chi connectivity index (χ1) is 9.61. The lowest BCUT2D eigenvalue weighted by Crippen LogP contribution is -2.36. The summed E-state index contributed by atoms with van der Waals surface area (Å²) in [4.78, 5) is -0.235. The highest BCUT2D eigenvalue weighted by Gasteiger charge is 2.29. The number of nitrogens with two attached hydrogens (primary N) is 1. The fraction of sp³-hybridized carbons (Fsp3) is 0.538. The maximum absolute atomic E-state index is 12.4. The van der Waals surface area contributed by atoms with Crippen molar-refractivity contribution in [3.63, 3.8) is 0 Å². The predicted octanol–water partition coefficient (Wildman–Crippen LogP) is 1.14. The lowest BCUT2D eigenvalue weighted by atomic mass is 10.1. The third-order valence-corrected chi connectivity index (χ3v) is 6.53. The highest BCUT2D eigenvalue weighted by molar-refractivity contribution is 7.91. The first-order valence-corrected chi connectivity index (χ1v) is 10.1. The van der Waals surface area contributed by atoms with E-state index >= 15 is 0 Å². The van der Waals surface area contributed by atoms with Crippen molar-refractivity contribution in [1.82, 2.24) is 4.72 Å². The number of hydrogen-bond acceptors (Lipinski definition) is 5. The normalized spacial score (nSPS) is 23.3. The van der Waals surface area contributed by atoms with E-state index in [0.717, 1.165) is 31.6 Å². The summed E-state index contributed by atoms with van der Waals surface area (Å²) in [6, 6.07) is 3.61. The minimum absolute atomic E-state index is 0.0422. The number of rotatable bonds is 4. The maximum Gasteiger partial charge on any atom is 0.242 e. The van der Waals surface area contributed by atoms with Crippen LogP contribution in [-0.2, 0) is 19.9 Å². The van der Waals surface area contributed by atoms with E-state index < -0.39 is 19.9 Å². The van der Waals surface area contributed by atoms with Gasteiger partial charge in [-0.1, -0.05) is 13.3 Å². The minimum atomic E-state index is -3.83. The van der Waals surface area contributed by atoms with Gasteiger partial charge in [-0.2, -0.15) is 0 Å². The molecule has 1 aliphatic rings. The molecule has 0 bridgehead atoms. The highest BCUT2D eigenvalue weighted by Crippen LogP contribution is 2.28. The summed E-state index contributed by atoms with van der Waals surface area (Å²) in [5.41, 5.74) is 5.76. The smallest absolute Gasteiger partial charge is 0.242 e. The number of anilines is 1. The molecule has 1 aromatic carbocycles. The largest absolute Gasteiger partial charge is 0.398 e. The first kappa shape index (κ1) is 16.3. The van der Waals surface area contributed by atoms with E-state index in [-0.39, 0.29) is 27.4 Å². The molecule has 0 heterocycles. The van der Waals surface area contributed by atoms with Gasteiger partial charge in [0.25, 0.3) is 0 Å².